The molecule has 0 saturated heterocycles. The number of carbonyl (C=O) groups is 1. The van der Waals surface area contributed by atoms with Crippen molar-refractivity contribution in [1.29, 1.82) is 0 Å². The molecule has 0 saturated carbocycles. The van der Waals surface area contributed by atoms with E-state index in [1.54, 1.807) is 0 Å². The zero-order chi connectivity index (χ0) is 14.5. The second-order valence-corrected chi connectivity index (χ2v) is 5.08. The van der Waals surface area contributed by atoms with Crippen LogP contribution in [0.2, 0.25) is 0 Å². The number of thiazole rings is 1. The summed E-state index contributed by atoms with van der Waals surface area (Å²) >= 11 is 1.35. The van der Waals surface area contributed by atoms with Crippen molar-refractivity contribution >= 4 is 17.2 Å². The highest BCUT2D eigenvalue weighted by Gasteiger charge is 2.16. The molecule has 2 aromatic rings. The van der Waals surface area contributed by atoms with E-state index < -0.39 is 0 Å². The van der Waals surface area contributed by atoms with Crippen LogP contribution in [0.3, 0.4) is 0 Å². The Morgan fingerprint density at radius 2 is 2.05 bits per heavy atom. The van der Waals surface area contributed by atoms with Gasteiger partial charge in [0.1, 0.15) is 15.6 Å². The van der Waals surface area contributed by atoms with Gasteiger partial charge in [0, 0.05) is 5.56 Å². The Hall–Kier alpha value is -1.92. The van der Waals surface area contributed by atoms with Crippen LogP contribution in [-0.4, -0.2) is 17.5 Å². The molecule has 1 aromatic carbocycles. The summed E-state index contributed by atoms with van der Waals surface area (Å²) in [4.78, 5) is 16.8. The second kappa shape index (κ2) is 6.49. The molecule has 1 amide bonds. The van der Waals surface area contributed by atoms with E-state index in [2.05, 4.69) is 10.4 Å². The topological polar surface area (TPSA) is 77.2 Å². The number of nitrogens with one attached hydrogen (secondary N) is 1. The highest BCUT2D eigenvalue weighted by molar-refractivity contribution is 7.17. The number of amides is 1. The third-order valence-electron chi connectivity index (χ3n) is 2.78. The number of rotatable bonds is 5. The maximum absolute atomic E-state index is 11.7. The number of nitrogen functional groups attached to an aromatic ring is 1. The average Bonchev–Trinajstić information content (AvgIpc) is 2.92. The summed E-state index contributed by atoms with van der Waals surface area (Å²) in [6.45, 7) is 4.54. The number of nitrogens with two attached hydrogens (primary N) is 1. The lowest BCUT2D eigenvalue weighted by molar-refractivity contribution is 0.0956. The van der Waals surface area contributed by atoms with E-state index in [1.165, 1.54) is 11.3 Å². The highest BCUT2D eigenvalue weighted by atomic mass is 32.1. The van der Waals surface area contributed by atoms with Crippen molar-refractivity contribution in [3.63, 3.8) is 0 Å². The van der Waals surface area contributed by atoms with Gasteiger partial charge in [-0.25, -0.2) is 10.8 Å². The van der Waals surface area contributed by atoms with Gasteiger partial charge in [-0.15, -0.1) is 11.3 Å². The van der Waals surface area contributed by atoms with Crippen LogP contribution < -0.4 is 16.0 Å². The summed E-state index contributed by atoms with van der Waals surface area (Å²) in [6.07, 6.45) is 0.691. The third kappa shape index (κ3) is 2.97. The van der Waals surface area contributed by atoms with Crippen LogP contribution in [0.15, 0.2) is 24.3 Å². The van der Waals surface area contributed by atoms with Crippen LogP contribution in [0.4, 0.5) is 0 Å². The summed E-state index contributed by atoms with van der Waals surface area (Å²) < 4.78 is 5.40. The first-order valence-electron chi connectivity index (χ1n) is 6.43. The molecule has 0 aliphatic carbocycles. The van der Waals surface area contributed by atoms with E-state index in [1.807, 2.05) is 38.1 Å². The molecule has 0 aliphatic rings. The summed E-state index contributed by atoms with van der Waals surface area (Å²) in [6, 6.07) is 7.67. The average molecular weight is 291 g/mol. The summed E-state index contributed by atoms with van der Waals surface area (Å²) in [5.41, 5.74) is 3.89. The van der Waals surface area contributed by atoms with Crippen LogP contribution in [0, 0.1) is 0 Å². The van der Waals surface area contributed by atoms with Crippen molar-refractivity contribution in [3.8, 4) is 16.3 Å². The number of benzene rings is 1. The van der Waals surface area contributed by atoms with Gasteiger partial charge in [-0.3, -0.25) is 10.2 Å². The zero-order valence-corrected chi connectivity index (χ0v) is 12.3. The molecular formula is C14H17N3O2S. The Bertz CT molecular complexity index is 593. The Morgan fingerprint density at radius 1 is 1.35 bits per heavy atom. The number of hydrazine groups is 1. The van der Waals surface area contributed by atoms with Crippen LogP contribution in [0.25, 0.3) is 10.6 Å². The van der Waals surface area contributed by atoms with Gasteiger partial charge in [-0.05, 0) is 37.6 Å². The first kappa shape index (κ1) is 14.5. The van der Waals surface area contributed by atoms with Gasteiger partial charge in [-0.2, -0.15) is 0 Å². The van der Waals surface area contributed by atoms with E-state index in [-0.39, 0.29) is 5.91 Å². The molecular weight excluding hydrogens is 274 g/mol. The monoisotopic (exact) mass is 291 g/mol. The molecule has 0 unspecified atom stereocenters. The van der Waals surface area contributed by atoms with Crippen molar-refractivity contribution in [2.75, 3.05) is 6.61 Å². The SMILES string of the molecule is CCOc1ccc(-c2nc(CC)c(C(=O)NN)s2)cc1. The fourth-order valence-corrected chi connectivity index (χ4v) is 2.88. The van der Waals surface area contributed by atoms with Crippen molar-refractivity contribution in [2.45, 2.75) is 20.3 Å². The lowest BCUT2D eigenvalue weighted by Crippen LogP contribution is -2.29. The number of aromatic nitrogens is 1. The molecule has 106 valence electrons. The lowest BCUT2D eigenvalue weighted by atomic mass is 10.2. The van der Waals surface area contributed by atoms with Crippen molar-refractivity contribution in [3.05, 3.63) is 34.8 Å². The largest absolute Gasteiger partial charge is 0.494 e. The molecule has 5 nitrogen and oxygen atoms in total. The molecule has 3 N–H and O–H groups in total. The number of ether oxygens (including phenoxy) is 1. The predicted molar refractivity (Wildman–Crippen MR) is 79.8 cm³/mol. The predicted octanol–water partition coefficient (Wildman–Crippen LogP) is 2.37. The molecule has 2 rings (SSSR count). The quantitative estimate of drug-likeness (QED) is 0.504. The van der Waals surface area contributed by atoms with Gasteiger partial charge in [0.05, 0.1) is 12.3 Å². The van der Waals surface area contributed by atoms with Gasteiger partial charge in [0.25, 0.3) is 5.91 Å². The number of hydrogen-bond acceptors (Lipinski definition) is 5. The first-order valence-corrected chi connectivity index (χ1v) is 7.25. The molecule has 0 aliphatic heterocycles. The maximum Gasteiger partial charge on any atom is 0.277 e. The minimum absolute atomic E-state index is 0.295. The first-order chi connectivity index (χ1) is 9.69. The van der Waals surface area contributed by atoms with E-state index in [9.17, 15) is 4.79 Å². The lowest BCUT2D eigenvalue weighted by Gasteiger charge is -2.02. The van der Waals surface area contributed by atoms with Gasteiger partial charge >= 0.3 is 0 Å². The Morgan fingerprint density at radius 3 is 2.60 bits per heavy atom. The van der Waals surface area contributed by atoms with E-state index in [0.29, 0.717) is 17.9 Å². The third-order valence-corrected chi connectivity index (χ3v) is 3.93. The van der Waals surface area contributed by atoms with Crippen molar-refractivity contribution < 1.29 is 9.53 Å². The molecule has 6 heteroatoms. The molecule has 0 atom stereocenters. The fourth-order valence-electron chi connectivity index (χ4n) is 1.82. The van der Waals surface area contributed by atoms with E-state index in [4.69, 9.17) is 10.6 Å². The minimum Gasteiger partial charge on any atom is -0.494 e. The molecule has 0 spiro atoms. The van der Waals surface area contributed by atoms with Crippen LogP contribution in [0.1, 0.15) is 29.2 Å². The summed E-state index contributed by atoms with van der Waals surface area (Å²) in [5, 5.41) is 0.809. The highest BCUT2D eigenvalue weighted by Crippen LogP contribution is 2.29. The number of aryl methyl sites for hydroxylation is 1. The van der Waals surface area contributed by atoms with Gasteiger partial charge in [0.2, 0.25) is 0 Å². The van der Waals surface area contributed by atoms with Crippen LogP contribution >= 0.6 is 11.3 Å². The number of carbonyl (C=O) groups excluding carboxylic acids is 1. The van der Waals surface area contributed by atoms with Gasteiger partial charge in [0.15, 0.2) is 0 Å². The Balaban J connectivity index is 2.32. The fraction of sp³-hybridized carbons (Fsp3) is 0.286. The Kier molecular flexibility index (Phi) is 4.70. The molecule has 1 heterocycles. The molecule has 20 heavy (non-hydrogen) atoms. The van der Waals surface area contributed by atoms with Crippen molar-refractivity contribution in [1.82, 2.24) is 10.4 Å². The standard InChI is InChI=1S/C14H17N3O2S/c1-3-11-12(13(18)17-15)20-14(16-11)9-5-7-10(8-6-9)19-4-2/h5-8H,3-4,15H2,1-2H3,(H,17,18). The second-order valence-electron chi connectivity index (χ2n) is 4.08. The molecule has 0 bridgehead atoms. The summed E-state index contributed by atoms with van der Waals surface area (Å²) in [7, 11) is 0. The minimum atomic E-state index is -0.295. The maximum atomic E-state index is 11.7. The van der Waals surface area contributed by atoms with Gasteiger partial charge in [-0.1, -0.05) is 6.92 Å². The van der Waals surface area contributed by atoms with E-state index >= 15 is 0 Å². The van der Waals surface area contributed by atoms with Crippen molar-refractivity contribution in [2.24, 2.45) is 5.84 Å². The smallest absolute Gasteiger partial charge is 0.277 e. The number of nitrogens with zero attached hydrogens (tertiary/aromatic N) is 1. The van der Waals surface area contributed by atoms with E-state index in [0.717, 1.165) is 22.0 Å². The van der Waals surface area contributed by atoms with Gasteiger partial charge < -0.3 is 4.74 Å². The summed E-state index contributed by atoms with van der Waals surface area (Å²) in [5.74, 6) is 5.72. The molecule has 0 radical (unpaired) electrons. The normalized spacial score (nSPS) is 10.3. The van der Waals surface area contributed by atoms with Crippen LogP contribution in [0.5, 0.6) is 5.75 Å². The zero-order valence-electron chi connectivity index (χ0n) is 11.5. The molecule has 0 fully saturated rings. The van der Waals surface area contributed by atoms with Crippen LogP contribution in [-0.2, 0) is 6.42 Å². The Labute approximate surface area is 121 Å². The number of hydrogen-bond donors (Lipinski definition) is 2. The molecule has 1 aromatic heterocycles.